The van der Waals surface area contributed by atoms with E-state index in [0.717, 1.165) is 6.04 Å². The molecule has 2 atom stereocenters. The quantitative estimate of drug-likeness (QED) is 0.829. The highest BCUT2D eigenvalue weighted by molar-refractivity contribution is 5.37. The Labute approximate surface area is 112 Å². The van der Waals surface area contributed by atoms with Gasteiger partial charge in [-0.1, -0.05) is 24.6 Å². The lowest BCUT2D eigenvalue weighted by Gasteiger charge is -2.23. The Morgan fingerprint density at radius 3 is 2.17 bits per heavy atom. The van der Waals surface area contributed by atoms with Crippen LogP contribution in [0, 0.1) is 26.7 Å². The maximum absolute atomic E-state index is 3.72. The number of hydrogen-bond acceptors (Lipinski definition) is 1. The molecule has 1 aliphatic rings. The minimum absolute atomic E-state index is 0.623. The van der Waals surface area contributed by atoms with Gasteiger partial charge < -0.3 is 5.32 Å². The molecule has 1 aliphatic carbocycles. The number of aryl methyl sites for hydroxylation is 3. The van der Waals surface area contributed by atoms with Gasteiger partial charge in [-0.25, -0.2) is 0 Å². The smallest absolute Gasteiger partial charge is 0.00708 e. The Hall–Kier alpha value is -0.820. The molecule has 0 heterocycles. The molecular formula is C17H27N. The monoisotopic (exact) mass is 245 g/mol. The summed E-state index contributed by atoms with van der Waals surface area (Å²) >= 11 is 0. The van der Waals surface area contributed by atoms with Gasteiger partial charge in [-0.15, -0.1) is 0 Å². The van der Waals surface area contributed by atoms with Gasteiger partial charge in [0.1, 0.15) is 0 Å². The molecule has 0 radical (unpaired) electrons. The van der Waals surface area contributed by atoms with Crippen molar-refractivity contribution in [1.29, 1.82) is 0 Å². The topological polar surface area (TPSA) is 12.0 Å². The predicted molar refractivity (Wildman–Crippen MR) is 79.1 cm³/mol. The van der Waals surface area contributed by atoms with Crippen LogP contribution in [0.25, 0.3) is 0 Å². The zero-order valence-corrected chi connectivity index (χ0v) is 12.5. The second kappa shape index (κ2) is 5.44. The summed E-state index contributed by atoms with van der Waals surface area (Å²) in [5.74, 6) is 0.700. The van der Waals surface area contributed by atoms with Crippen molar-refractivity contribution in [1.82, 2.24) is 5.32 Å². The van der Waals surface area contributed by atoms with Gasteiger partial charge >= 0.3 is 0 Å². The second-order valence-corrected chi connectivity index (χ2v) is 6.29. The molecule has 0 aliphatic heterocycles. The van der Waals surface area contributed by atoms with Crippen LogP contribution in [0.3, 0.4) is 0 Å². The minimum Gasteiger partial charge on any atom is -0.311 e. The Morgan fingerprint density at radius 2 is 1.67 bits per heavy atom. The zero-order valence-electron chi connectivity index (χ0n) is 12.5. The molecular weight excluding hydrogens is 218 g/mol. The summed E-state index contributed by atoms with van der Waals surface area (Å²) in [6.45, 7) is 11.4. The van der Waals surface area contributed by atoms with E-state index in [-0.39, 0.29) is 0 Å². The van der Waals surface area contributed by atoms with Gasteiger partial charge in [-0.05, 0) is 69.6 Å². The number of rotatable bonds is 5. The summed E-state index contributed by atoms with van der Waals surface area (Å²) in [6.07, 6.45) is 3.94. The highest BCUT2D eigenvalue weighted by Crippen LogP contribution is 2.24. The van der Waals surface area contributed by atoms with Gasteiger partial charge in [-0.3, -0.25) is 0 Å². The number of hydrogen-bond donors (Lipinski definition) is 1. The first-order valence-electron chi connectivity index (χ1n) is 7.30. The van der Waals surface area contributed by atoms with E-state index in [1.54, 1.807) is 5.56 Å². The molecule has 1 nitrogen and oxygen atoms in total. The summed E-state index contributed by atoms with van der Waals surface area (Å²) in [5.41, 5.74) is 5.85. The Bertz CT molecular complexity index is 395. The lowest BCUT2D eigenvalue weighted by molar-refractivity contribution is 0.395. The van der Waals surface area contributed by atoms with Crippen LogP contribution in [0.2, 0.25) is 0 Å². The van der Waals surface area contributed by atoms with Crippen LogP contribution in [-0.4, -0.2) is 12.1 Å². The Morgan fingerprint density at radius 1 is 1.11 bits per heavy atom. The summed E-state index contributed by atoms with van der Waals surface area (Å²) in [5, 5.41) is 3.72. The highest BCUT2D eigenvalue weighted by atomic mass is 15.0. The molecule has 0 spiro atoms. The molecule has 1 aromatic rings. The van der Waals surface area contributed by atoms with E-state index in [0.29, 0.717) is 12.0 Å². The van der Waals surface area contributed by atoms with E-state index in [2.05, 4.69) is 52.1 Å². The third kappa shape index (κ3) is 3.35. The lowest BCUT2D eigenvalue weighted by Crippen LogP contribution is -2.34. The molecule has 0 aromatic heterocycles. The fourth-order valence-corrected chi connectivity index (χ4v) is 2.82. The van der Waals surface area contributed by atoms with Crippen LogP contribution < -0.4 is 5.32 Å². The largest absolute Gasteiger partial charge is 0.311 e. The molecule has 2 unspecified atom stereocenters. The van der Waals surface area contributed by atoms with Gasteiger partial charge in [0.25, 0.3) is 0 Å². The van der Waals surface area contributed by atoms with E-state index in [4.69, 9.17) is 0 Å². The number of benzene rings is 1. The minimum atomic E-state index is 0.623. The standard InChI is InChI=1S/C17H27N/c1-11-8-13(3)17(14(4)9-11)10-12(2)15(5)18-16-6-7-16/h8-9,12,15-16,18H,6-7,10H2,1-5H3. The molecule has 2 rings (SSSR count). The van der Waals surface area contributed by atoms with Gasteiger partial charge in [0.2, 0.25) is 0 Å². The van der Waals surface area contributed by atoms with Gasteiger partial charge in [0.05, 0.1) is 0 Å². The van der Waals surface area contributed by atoms with Crippen molar-refractivity contribution in [3.63, 3.8) is 0 Å². The fourth-order valence-electron chi connectivity index (χ4n) is 2.82. The van der Waals surface area contributed by atoms with E-state index < -0.39 is 0 Å². The normalized spacial score (nSPS) is 18.7. The first-order chi connectivity index (χ1) is 8.47. The summed E-state index contributed by atoms with van der Waals surface area (Å²) < 4.78 is 0. The van der Waals surface area contributed by atoms with Gasteiger partial charge in [-0.2, -0.15) is 0 Å². The molecule has 0 bridgehead atoms. The maximum Gasteiger partial charge on any atom is 0.00708 e. The molecule has 18 heavy (non-hydrogen) atoms. The SMILES string of the molecule is Cc1cc(C)c(CC(C)C(C)NC2CC2)c(C)c1. The third-order valence-corrected chi connectivity index (χ3v) is 4.30. The first kappa shape index (κ1) is 13.6. The Balaban J connectivity index is 2.03. The first-order valence-corrected chi connectivity index (χ1v) is 7.30. The average molecular weight is 245 g/mol. The van der Waals surface area contributed by atoms with Crippen LogP contribution in [0.15, 0.2) is 12.1 Å². The van der Waals surface area contributed by atoms with Crippen molar-refractivity contribution >= 4 is 0 Å². The van der Waals surface area contributed by atoms with Crippen molar-refractivity contribution in [3.8, 4) is 0 Å². The number of nitrogens with one attached hydrogen (secondary N) is 1. The van der Waals surface area contributed by atoms with E-state index in [9.17, 15) is 0 Å². The lowest BCUT2D eigenvalue weighted by atomic mass is 9.89. The van der Waals surface area contributed by atoms with Crippen LogP contribution in [0.4, 0.5) is 0 Å². The Kier molecular flexibility index (Phi) is 4.11. The third-order valence-electron chi connectivity index (χ3n) is 4.30. The molecule has 1 saturated carbocycles. The maximum atomic E-state index is 3.72. The molecule has 1 fully saturated rings. The highest BCUT2D eigenvalue weighted by Gasteiger charge is 2.25. The molecule has 0 saturated heterocycles. The van der Waals surface area contributed by atoms with Gasteiger partial charge in [0, 0.05) is 12.1 Å². The fraction of sp³-hybridized carbons (Fsp3) is 0.647. The average Bonchev–Trinajstić information content (AvgIpc) is 3.06. The van der Waals surface area contributed by atoms with Crippen molar-refractivity contribution in [2.75, 3.05) is 0 Å². The van der Waals surface area contributed by atoms with E-state index in [1.165, 1.54) is 36.0 Å². The van der Waals surface area contributed by atoms with Crippen molar-refractivity contribution in [2.24, 2.45) is 5.92 Å². The van der Waals surface area contributed by atoms with Crippen molar-refractivity contribution in [2.45, 2.75) is 66.0 Å². The van der Waals surface area contributed by atoms with Crippen LogP contribution in [0.1, 0.15) is 48.9 Å². The molecule has 100 valence electrons. The van der Waals surface area contributed by atoms with Crippen molar-refractivity contribution in [3.05, 3.63) is 34.4 Å². The van der Waals surface area contributed by atoms with Crippen LogP contribution in [-0.2, 0) is 6.42 Å². The van der Waals surface area contributed by atoms with Crippen LogP contribution >= 0.6 is 0 Å². The van der Waals surface area contributed by atoms with Gasteiger partial charge in [0.15, 0.2) is 0 Å². The summed E-state index contributed by atoms with van der Waals surface area (Å²) in [6, 6.07) is 6.06. The summed E-state index contributed by atoms with van der Waals surface area (Å²) in [7, 11) is 0. The van der Waals surface area contributed by atoms with Crippen molar-refractivity contribution < 1.29 is 0 Å². The molecule has 1 heteroatoms. The zero-order chi connectivity index (χ0) is 13.3. The van der Waals surface area contributed by atoms with E-state index in [1.807, 2.05) is 0 Å². The predicted octanol–water partition coefficient (Wildman–Crippen LogP) is 3.93. The molecule has 1 aromatic carbocycles. The molecule has 1 N–H and O–H groups in total. The molecule has 0 amide bonds. The van der Waals surface area contributed by atoms with E-state index >= 15 is 0 Å². The second-order valence-electron chi connectivity index (χ2n) is 6.29. The summed E-state index contributed by atoms with van der Waals surface area (Å²) in [4.78, 5) is 0. The van der Waals surface area contributed by atoms with Crippen LogP contribution in [0.5, 0.6) is 0 Å².